The topological polar surface area (TPSA) is 43.4 Å². The summed E-state index contributed by atoms with van der Waals surface area (Å²) in [6, 6.07) is 14.9. The lowest BCUT2D eigenvalue weighted by Gasteiger charge is -2.13. The fraction of sp³-hybridized carbons (Fsp3) is 0.250. The van der Waals surface area contributed by atoms with Gasteiger partial charge in [-0.25, -0.2) is 0 Å². The van der Waals surface area contributed by atoms with E-state index in [9.17, 15) is 0 Å². The summed E-state index contributed by atoms with van der Waals surface area (Å²) in [5.74, 6) is 1.40. The van der Waals surface area contributed by atoms with E-state index in [0.29, 0.717) is 17.5 Å². The number of halogens is 1. The number of nitrogens with zero attached hydrogens (tertiary/aromatic N) is 1. The summed E-state index contributed by atoms with van der Waals surface area (Å²) in [6.45, 7) is 2.15. The van der Waals surface area contributed by atoms with Crippen molar-refractivity contribution < 1.29 is 9.47 Å². The smallest absolute Gasteiger partial charge is 0.162 e. The number of benzene rings is 2. The summed E-state index contributed by atoms with van der Waals surface area (Å²) in [6.07, 6.45) is 1.83. The molecule has 0 spiro atoms. The van der Waals surface area contributed by atoms with Crippen molar-refractivity contribution in [3.8, 4) is 22.6 Å². The molecule has 0 fully saturated rings. The molecule has 1 atom stereocenters. The van der Waals surface area contributed by atoms with Crippen molar-refractivity contribution in [1.29, 1.82) is 0 Å². The molecule has 1 heterocycles. The Morgan fingerprint density at radius 2 is 1.60 bits per heavy atom. The van der Waals surface area contributed by atoms with Crippen molar-refractivity contribution in [2.24, 2.45) is 0 Å². The molecule has 0 aliphatic rings. The highest BCUT2D eigenvalue weighted by molar-refractivity contribution is 5.96. The number of rotatable bonds is 5. The lowest BCUT2D eigenvalue weighted by molar-refractivity contribution is 0.356. The molecule has 0 saturated heterocycles. The van der Waals surface area contributed by atoms with Gasteiger partial charge in [0.1, 0.15) is 0 Å². The van der Waals surface area contributed by atoms with Gasteiger partial charge in [0, 0.05) is 23.7 Å². The van der Waals surface area contributed by atoms with Crippen LogP contribution in [0.2, 0.25) is 0 Å². The second kappa shape index (κ2) is 8.19. The van der Waals surface area contributed by atoms with Crippen LogP contribution in [-0.4, -0.2) is 26.3 Å². The first-order valence-corrected chi connectivity index (χ1v) is 7.96. The normalized spacial score (nSPS) is 11.7. The zero-order valence-electron chi connectivity index (χ0n) is 14.9. The highest BCUT2D eigenvalue weighted by Gasteiger charge is 2.11. The predicted molar refractivity (Wildman–Crippen MR) is 105 cm³/mol. The Balaban J connectivity index is 0.00000225. The highest BCUT2D eigenvalue weighted by Crippen LogP contribution is 2.36. The quantitative estimate of drug-likeness (QED) is 0.722. The van der Waals surface area contributed by atoms with Gasteiger partial charge in [0.15, 0.2) is 11.5 Å². The Morgan fingerprint density at radius 1 is 0.960 bits per heavy atom. The Kier molecular flexibility index (Phi) is 6.23. The minimum Gasteiger partial charge on any atom is -0.493 e. The van der Waals surface area contributed by atoms with Crippen LogP contribution in [0, 0.1) is 0 Å². The van der Waals surface area contributed by atoms with Gasteiger partial charge in [0.2, 0.25) is 0 Å². The van der Waals surface area contributed by atoms with Gasteiger partial charge in [-0.3, -0.25) is 4.98 Å². The second-order valence-corrected chi connectivity index (χ2v) is 5.72. The van der Waals surface area contributed by atoms with Crippen molar-refractivity contribution in [2.75, 3.05) is 21.3 Å². The number of pyridine rings is 1. The van der Waals surface area contributed by atoms with Crippen LogP contribution in [0.1, 0.15) is 18.5 Å². The van der Waals surface area contributed by atoms with Crippen LogP contribution in [0.15, 0.2) is 48.7 Å². The van der Waals surface area contributed by atoms with Gasteiger partial charge in [-0.1, -0.05) is 24.3 Å². The van der Waals surface area contributed by atoms with Crippen LogP contribution in [0.5, 0.6) is 11.5 Å². The summed E-state index contributed by atoms with van der Waals surface area (Å²) in [5.41, 5.74) is 4.43. The third-order valence-corrected chi connectivity index (χ3v) is 4.40. The first-order chi connectivity index (χ1) is 11.7. The average Bonchev–Trinajstić information content (AvgIpc) is 2.65. The molecule has 1 N–H and O–H groups in total. The number of aromatic nitrogens is 1. The molecular formula is C20H23ClN2O2. The summed E-state index contributed by atoms with van der Waals surface area (Å²) in [5, 5.41) is 4.30. The van der Waals surface area contributed by atoms with Gasteiger partial charge < -0.3 is 14.8 Å². The van der Waals surface area contributed by atoms with Gasteiger partial charge >= 0.3 is 0 Å². The van der Waals surface area contributed by atoms with Gasteiger partial charge in [-0.15, -0.1) is 12.4 Å². The SMILES string of the molecule is CNC(C)c1ccc(-c2ccnc3cc(OC)c(OC)cc23)cc1.Cl. The molecule has 0 aliphatic heterocycles. The molecule has 25 heavy (non-hydrogen) atoms. The summed E-state index contributed by atoms with van der Waals surface area (Å²) in [7, 11) is 5.25. The fourth-order valence-electron chi connectivity index (χ4n) is 2.84. The molecule has 0 aliphatic carbocycles. The second-order valence-electron chi connectivity index (χ2n) is 5.72. The van der Waals surface area contributed by atoms with Crippen molar-refractivity contribution in [1.82, 2.24) is 10.3 Å². The Morgan fingerprint density at radius 3 is 2.20 bits per heavy atom. The molecule has 5 heteroatoms. The van der Waals surface area contributed by atoms with Crippen molar-refractivity contribution in [3.63, 3.8) is 0 Å². The minimum atomic E-state index is 0. The first kappa shape index (κ1) is 19.0. The maximum Gasteiger partial charge on any atom is 0.162 e. The number of nitrogens with one attached hydrogen (secondary N) is 1. The first-order valence-electron chi connectivity index (χ1n) is 7.96. The van der Waals surface area contributed by atoms with E-state index < -0.39 is 0 Å². The summed E-state index contributed by atoms with van der Waals surface area (Å²) < 4.78 is 10.8. The van der Waals surface area contributed by atoms with Crippen LogP contribution in [0.25, 0.3) is 22.0 Å². The van der Waals surface area contributed by atoms with E-state index in [1.807, 2.05) is 31.4 Å². The maximum absolute atomic E-state index is 5.44. The molecular weight excluding hydrogens is 336 g/mol. The molecule has 0 amide bonds. The molecule has 1 aromatic heterocycles. The average molecular weight is 359 g/mol. The maximum atomic E-state index is 5.44. The number of hydrogen-bond acceptors (Lipinski definition) is 4. The molecule has 0 radical (unpaired) electrons. The lowest BCUT2D eigenvalue weighted by atomic mass is 9.98. The molecule has 132 valence electrons. The fourth-order valence-corrected chi connectivity index (χ4v) is 2.84. The lowest BCUT2D eigenvalue weighted by Crippen LogP contribution is -2.11. The number of ether oxygens (including phenoxy) is 2. The summed E-state index contributed by atoms with van der Waals surface area (Å²) >= 11 is 0. The van der Waals surface area contributed by atoms with E-state index in [0.717, 1.165) is 22.0 Å². The van der Waals surface area contributed by atoms with E-state index in [1.54, 1.807) is 14.2 Å². The molecule has 3 rings (SSSR count). The standard InChI is InChI=1S/C20H22N2O2.ClH/c1-13(21-2)14-5-7-15(8-6-14)16-9-10-22-18-12-20(24-4)19(23-3)11-17(16)18;/h5-13,21H,1-4H3;1H. The zero-order chi connectivity index (χ0) is 17.1. The van der Waals surface area contributed by atoms with E-state index in [2.05, 4.69) is 41.5 Å². The van der Waals surface area contributed by atoms with Crippen LogP contribution in [0.3, 0.4) is 0 Å². The van der Waals surface area contributed by atoms with Gasteiger partial charge in [-0.05, 0) is 42.8 Å². The van der Waals surface area contributed by atoms with E-state index >= 15 is 0 Å². The molecule has 0 bridgehead atoms. The van der Waals surface area contributed by atoms with Crippen LogP contribution >= 0.6 is 12.4 Å². The van der Waals surface area contributed by atoms with Crippen molar-refractivity contribution >= 4 is 23.3 Å². The third-order valence-electron chi connectivity index (χ3n) is 4.40. The largest absolute Gasteiger partial charge is 0.493 e. The molecule has 3 aromatic rings. The van der Waals surface area contributed by atoms with Gasteiger partial charge in [0.25, 0.3) is 0 Å². The van der Waals surface area contributed by atoms with Crippen molar-refractivity contribution in [3.05, 3.63) is 54.2 Å². The molecule has 0 saturated carbocycles. The number of hydrogen-bond donors (Lipinski definition) is 1. The van der Waals surface area contributed by atoms with E-state index in [1.165, 1.54) is 5.56 Å². The van der Waals surface area contributed by atoms with Gasteiger partial charge in [0.05, 0.1) is 19.7 Å². The van der Waals surface area contributed by atoms with Crippen LogP contribution < -0.4 is 14.8 Å². The Bertz CT molecular complexity index is 850. The monoisotopic (exact) mass is 358 g/mol. The van der Waals surface area contributed by atoms with E-state index in [-0.39, 0.29) is 12.4 Å². The number of fused-ring (bicyclic) bond motifs is 1. The summed E-state index contributed by atoms with van der Waals surface area (Å²) in [4.78, 5) is 4.46. The Hall–Kier alpha value is -2.30. The third kappa shape index (κ3) is 3.70. The van der Waals surface area contributed by atoms with Gasteiger partial charge in [-0.2, -0.15) is 0 Å². The zero-order valence-corrected chi connectivity index (χ0v) is 15.7. The van der Waals surface area contributed by atoms with Crippen LogP contribution in [-0.2, 0) is 0 Å². The molecule has 1 unspecified atom stereocenters. The van der Waals surface area contributed by atoms with Crippen LogP contribution in [0.4, 0.5) is 0 Å². The highest BCUT2D eigenvalue weighted by atomic mass is 35.5. The number of methoxy groups -OCH3 is 2. The van der Waals surface area contributed by atoms with Crippen molar-refractivity contribution in [2.45, 2.75) is 13.0 Å². The minimum absolute atomic E-state index is 0. The Labute approximate surface area is 154 Å². The molecule has 2 aromatic carbocycles. The predicted octanol–water partition coefficient (Wildman–Crippen LogP) is 4.62. The van der Waals surface area contributed by atoms with E-state index in [4.69, 9.17) is 9.47 Å². The molecule has 4 nitrogen and oxygen atoms in total.